The van der Waals surface area contributed by atoms with E-state index in [1.807, 2.05) is 19.1 Å². The number of carboxylic acid groups (broad SMARTS) is 1. The summed E-state index contributed by atoms with van der Waals surface area (Å²) in [4.78, 5) is 24.9. The summed E-state index contributed by atoms with van der Waals surface area (Å²) in [6, 6.07) is 10.6. The van der Waals surface area contributed by atoms with Gasteiger partial charge in [-0.05, 0) is 50.6 Å². The number of rotatable bonds is 4. The topological polar surface area (TPSA) is 68.5 Å². The lowest BCUT2D eigenvalue weighted by molar-refractivity contribution is -0.138. The zero-order valence-electron chi connectivity index (χ0n) is 15.5. The molecule has 1 atom stereocenters. The molecule has 3 aromatic rings. The lowest BCUT2D eigenvalue weighted by Crippen LogP contribution is -2.15. The molecule has 0 saturated carbocycles. The van der Waals surface area contributed by atoms with Crippen LogP contribution in [-0.4, -0.2) is 28.7 Å². The molecule has 6 heteroatoms. The van der Waals surface area contributed by atoms with E-state index in [0.29, 0.717) is 38.5 Å². The van der Waals surface area contributed by atoms with Crippen LogP contribution in [-0.2, 0) is 4.79 Å². The maximum atomic E-state index is 13.2. The normalized spacial score (nSPS) is 12.2. The molecular weight excluding hydrogens is 366 g/mol. The number of aryl methyl sites for hydroxylation is 1. The van der Waals surface area contributed by atoms with Gasteiger partial charge in [-0.2, -0.15) is 0 Å². The zero-order chi connectivity index (χ0) is 19.9. The van der Waals surface area contributed by atoms with E-state index < -0.39 is 11.9 Å². The fourth-order valence-electron chi connectivity index (χ4n) is 3.35. The van der Waals surface area contributed by atoms with Crippen molar-refractivity contribution in [2.75, 3.05) is 7.11 Å². The molecule has 0 radical (unpaired) electrons. The van der Waals surface area contributed by atoms with E-state index in [0.717, 1.165) is 5.56 Å². The first-order chi connectivity index (χ1) is 12.8. The summed E-state index contributed by atoms with van der Waals surface area (Å²) in [5.41, 5.74) is 3.28. The average Bonchev–Trinajstić information content (AvgIpc) is 2.91. The molecule has 2 aromatic carbocycles. The molecule has 27 heavy (non-hydrogen) atoms. The maximum absolute atomic E-state index is 13.2. The van der Waals surface area contributed by atoms with Gasteiger partial charge in [-0.15, -0.1) is 0 Å². The van der Waals surface area contributed by atoms with Crippen molar-refractivity contribution in [2.45, 2.75) is 26.7 Å². The van der Waals surface area contributed by atoms with Crippen LogP contribution >= 0.6 is 11.6 Å². The van der Waals surface area contributed by atoms with Crippen molar-refractivity contribution in [3.8, 4) is 5.75 Å². The Balaban J connectivity index is 2.33. The van der Waals surface area contributed by atoms with Gasteiger partial charge in [-0.25, -0.2) is 0 Å². The number of methoxy groups -OCH3 is 1. The van der Waals surface area contributed by atoms with Crippen LogP contribution in [0.15, 0.2) is 36.4 Å². The van der Waals surface area contributed by atoms with Gasteiger partial charge in [0.15, 0.2) is 0 Å². The van der Waals surface area contributed by atoms with Crippen molar-refractivity contribution in [1.29, 1.82) is 0 Å². The minimum atomic E-state index is -0.964. The average molecular weight is 386 g/mol. The molecule has 5 nitrogen and oxygen atoms in total. The summed E-state index contributed by atoms with van der Waals surface area (Å²) in [6.07, 6.45) is 0. The van der Waals surface area contributed by atoms with Crippen LogP contribution < -0.4 is 4.74 Å². The number of fused-ring (bicyclic) bond motifs is 1. The fourth-order valence-corrected chi connectivity index (χ4v) is 3.59. The number of aliphatic carboxylic acids is 1. The minimum Gasteiger partial charge on any atom is -0.495 e. The second-order valence-electron chi connectivity index (χ2n) is 6.57. The minimum absolute atomic E-state index is 0.234. The number of carbonyl (C=O) groups excluding carboxylic acids is 1. The number of hydrogen-bond donors (Lipinski definition) is 1. The molecule has 1 heterocycles. The van der Waals surface area contributed by atoms with Crippen molar-refractivity contribution in [3.05, 3.63) is 63.8 Å². The van der Waals surface area contributed by atoms with Crippen LogP contribution in [0.4, 0.5) is 0 Å². The molecular formula is C21H20ClNO4. The molecule has 0 aliphatic heterocycles. The number of carbonyl (C=O) groups is 2. The number of aromatic nitrogens is 1. The van der Waals surface area contributed by atoms with Crippen molar-refractivity contribution >= 4 is 34.4 Å². The summed E-state index contributed by atoms with van der Waals surface area (Å²) in [5.74, 6) is -1.55. The van der Waals surface area contributed by atoms with E-state index >= 15 is 0 Å². The molecule has 0 spiro atoms. The van der Waals surface area contributed by atoms with Crippen molar-refractivity contribution in [1.82, 2.24) is 4.57 Å². The molecule has 1 unspecified atom stereocenters. The third-order valence-corrected chi connectivity index (χ3v) is 5.13. The Bertz CT molecular complexity index is 1050. The highest BCUT2D eigenvalue weighted by Gasteiger charge is 2.27. The number of carboxylic acids is 1. The summed E-state index contributed by atoms with van der Waals surface area (Å²) < 4.78 is 6.81. The Labute approximate surface area is 162 Å². The molecule has 0 aliphatic rings. The number of halogens is 1. The van der Waals surface area contributed by atoms with Crippen molar-refractivity contribution in [3.63, 3.8) is 0 Å². The molecule has 0 fully saturated rings. The lowest BCUT2D eigenvalue weighted by Gasteiger charge is -2.09. The van der Waals surface area contributed by atoms with Gasteiger partial charge in [0.05, 0.1) is 23.6 Å². The molecule has 1 aromatic heterocycles. The highest BCUT2D eigenvalue weighted by Crippen LogP contribution is 2.38. The summed E-state index contributed by atoms with van der Waals surface area (Å²) >= 11 is 6.28. The predicted octanol–water partition coefficient (Wildman–Crippen LogP) is 4.80. The second kappa shape index (κ2) is 7.08. The molecule has 0 aliphatic carbocycles. The van der Waals surface area contributed by atoms with Crippen LogP contribution in [0.1, 0.15) is 40.0 Å². The molecule has 1 N–H and O–H groups in total. The van der Waals surface area contributed by atoms with E-state index in [4.69, 9.17) is 16.3 Å². The quantitative estimate of drug-likeness (QED) is 0.700. The van der Waals surface area contributed by atoms with E-state index in [-0.39, 0.29) is 5.91 Å². The lowest BCUT2D eigenvalue weighted by atomic mass is 9.98. The van der Waals surface area contributed by atoms with Gasteiger partial charge in [0.2, 0.25) is 0 Å². The zero-order valence-corrected chi connectivity index (χ0v) is 16.3. The summed E-state index contributed by atoms with van der Waals surface area (Å²) in [5, 5.41) is 10.5. The summed E-state index contributed by atoms with van der Waals surface area (Å²) in [7, 11) is 1.49. The van der Waals surface area contributed by atoms with Crippen LogP contribution in [0.25, 0.3) is 10.9 Å². The number of benzene rings is 2. The van der Waals surface area contributed by atoms with Gasteiger partial charge in [-0.1, -0.05) is 29.3 Å². The largest absolute Gasteiger partial charge is 0.495 e. The first kappa shape index (κ1) is 19.0. The monoisotopic (exact) mass is 385 g/mol. The first-order valence-corrected chi connectivity index (χ1v) is 8.86. The molecule has 0 bridgehead atoms. The third kappa shape index (κ3) is 3.19. The van der Waals surface area contributed by atoms with Crippen LogP contribution in [0.5, 0.6) is 5.75 Å². The van der Waals surface area contributed by atoms with Crippen LogP contribution in [0, 0.1) is 13.8 Å². The maximum Gasteiger partial charge on any atom is 0.310 e. The number of nitrogens with zero attached hydrogens (tertiary/aromatic N) is 1. The number of hydrogen-bond acceptors (Lipinski definition) is 3. The Kier molecular flexibility index (Phi) is 4.98. The van der Waals surface area contributed by atoms with E-state index in [1.165, 1.54) is 11.7 Å². The van der Waals surface area contributed by atoms with E-state index in [9.17, 15) is 14.7 Å². The summed E-state index contributed by atoms with van der Waals surface area (Å²) in [6.45, 7) is 5.30. The van der Waals surface area contributed by atoms with Crippen LogP contribution in [0.2, 0.25) is 5.02 Å². The highest BCUT2D eigenvalue weighted by molar-refractivity contribution is 6.33. The number of ether oxygens (including phenoxy) is 1. The van der Waals surface area contributed by atoms with Gasteiger partial charge >= 0.3 is 5.97 Å². The first-order valence-electron chi connectivity index (χ1n) is 8.48. The van der Waals surface area contributed by atoms with Gasteiger partial charge in [-0.3, -0.25) is 14.2 Å². The smallest absolute Gasteiger partial charge is 0.310 e. The van der Waals surface area contributed by atoms with Crippen molar-refractivity contribution < 1.29 is 19.4 Å². The van der Waals surface area contributed by atoms with Gasteiger partial charge in [0, 0.05) is 16.6 Å². The molecule has 3 rings (SSSR count). The fraction of sp³-hybridized carbons (Fsp3) is 0.238. The Morgan fingerprint density at radius 3 is 2.33 bits per heavy atom. The second-order valence-corrected chi connectivity index (χ2v) is 6.98. The highest BCUT2D eigenvalue weighted by atomic mass is 35.5. The molecule has 0 amide bonds. The van der Waals surface area contributed by atoms with Gasteiger partial charge in [0.25, 0.3) is 5.91 Å². The Morgan fingerprint density at radius 1 is 1.15 bits per heavy atom. The van der Waals surface area contributed by atoms with E-state index in [1.54, 1.807) is 38.1 Å². The van der Waals surface area contributed by atoms with Gasteiger partial charge < -0.3 is 9.84 Å². The SMILES string of the molecule is COc1cc2c(C(C)C(=O)O)c(C)n(C(=O)c3ccc(C)cc3)c2cc1Cl. The standard InChI is InChI=1S/C21H20ClNO4/c1-11-5-7-14(8-6-11)20(24)23-13(3)19(12(2)21(25)26)15-9-18(27-4)16(22)10-17(15)23/h5-10,12H,1-4H3,(H,25,26). The van der Waals surface area contributed by atoms with E-state index in [2.05, 4.69) is 0 Å². The van der Waals surface area contributed by atoms with Gasteiger partial charge in [0.1, 0.15) is 5.75 Å². The van der Waals surface area contributed by atoms with Crippen molar-refractivity contribution in [2.24, 2.45) is 0 Å². The Hall–Kier alpha value is -2.79. The van der Waals surface area contributed by atoms with Crippen LogP contribution in [0.3, 0.4) is 0 Å². The predicted molar refractivity (Wildman–Crippen MR) is 105 cm³/mol. The molecule has 0 saturated heterocycles. The molecule has 140 valence electrons. The Morgan fingerprint density at radius 2 is 1.78 bits per heavy atom. The third-order valence-electron chi connectivity index (χ3n) is 4.83.